The van der Waals surface area contributed by atoms with Crippen LogP contribution >= 0.6 is 11.3 Å². The van der Waals surface area contributed by atoms with E-state index in [0.717, 1.165) is 30.6 Å². The molecule has 0 aliphatic carbocycles. The van der Waals surface area contributed by atoms with Crippen LogP contribution in [0.15, 0.2) is 20.9 Å². The van der Waals surface area contributed by atoms with E-state index in [4.69, 9.17) is 9.26 Å². The predicted molar refractivity (Wildman–Crippen MR) is 85.1 cm³/mol. The summed E-state index contributed by atoms with van der Waals surface area (Å²) in [5.74, 6) is -0.111. The fourth-order valence-electron chi connectivity index (χ4n) is 2.49. The highest BCUT2D eigenvalue weighted by Crippen LogP contribution is 2.28. The van der Waals surface area contributed by atoms with Crippen molar-refractivity contribution >= 4 is 27.3 Å². The average molecular weight is 371 g/mol. The van der Waals surface area contributed by atoms with Crippen molar-refractivity contribution < 1.29 is 22.5 Å². The van der Waals surface area contributed by atoms with Gasteiger partial charge in [0.1, 0.15) is 9.77 Å². The van der Waals surface area contributed by atoms with Crippen LogP contribution in [0.5, 0.6) is 0 Å². The second-order valence-corrected chi connectivity index (χ2v) is 8.21. The summed E-state index contributed by atoms with van der Waals surface area (Å²) >= 11 is 1.04. The molecule has 0 bridgehead atoms. The zero-order chi connectivity index (χ0) is 17.2. The number of esters is 1. The Bertz CT molecular complexity index is 821. The number of hydrogen-bond donors (Lipinski definition) is 0. The Morgan fingerprint density at radius 1 is 1.38 bits per heavy atom. The van der Waals surface area contributed by atoms with E-state index in [1.807, 2.05) is 0 Å². The highest BCUT2D eigenvalue weighted by molar-refractivity contribution is 7.89. The van der Waals surface area contributed by atoms with Crippen molar-refractivity contribution in [3.8, 4) is 0 Å². The van der Waals surface area contributed by atoms with Crippen LogP contribution in [0, 0.1) is 6.92 Å². The minimum atomic E-state index is -3.68. The Balaban J connectivity index is 1.75. The number of aryl methyl sites for hydroxylation is 1. The SMILES string of the molecule is Cc1noc(COC(=O)c2sccc2S(=O)(=O)N2CCCCC2)n1. The van der Waals surface area contributed by atoms with Crippen molar-refractivity contribution in [2.75, 3.05) is 13.1 Å². The average Bonchev–Trinajstić information content (AvgIpc) is 3.23. The Morgan fingerprint density at radius 3 is 2.79 bits per heavy atom. The topological polar surface area (TPSA) is 103 Å². The first kappa shape index (κ1) is 17.1. The molecule has 8 nitrogen and oxygen atoms in total. The van der Waals surface area contributed by atoms with Crippen molar-refractivity contribution in [1.82, 2.24) is 14.4 Å². The molecule has 1 aliphatic rings. The van der Waals surface area contributed by atoms with Crippen LogP contribution in [0.2, 0.25) is 0 Å². The fourth-order valence-corrected chi connectivity index (χ4v) is 5.29. The fraction of sp³-hybridized carbons (Fsp3) is 0.500. The van der Waals surface area contributed by atoms with E-state index < -0.39 is 16.0 Å². The molecule has 2 aromatic rings. The molecule has 1 saturated heterocycles. The zero-order valence-corrected chi connectivity index (χ0v) is 14.7. The molecule has 1 aliphatic heterocycles. The van der Waals surface area contributed by atoms with E-state index in [9.17, 15) is 13.2 Å². The number of sulfonamides is 1. The molecule has 0 spiro atoms. The molecule has 2 aromatic heterocycles. The minimum absolute atomic E-state index is 0.00103. The maximum atomic E-state index is 12.7. The number of carbonyl (C=O) groups is 1. The predicted octanol–water partition coefficient (Wildman–Crippen LogP) is 1.97. The first-order chi connectivity index (χ1) is 11.5. The molecule has 3 heterocycles. The van der Waals surface area contributed by atoms with Gasteiger partial charge in [0.25, 0.3) is 5.89 Å². The van der Waals surface area contributed by atoms with Crippen LogP contribution in [0.3, 0.4) is 0 Å². The first-order valence-electron chi connectivity index (χ1n) is 7.52. The Hall–Kier alpha value is -1.78. The Morgan fingerprint density at radius 2 is 2.12 bits per heavy atom. The number of aromatic nitrogens is 2. The van der Waals surface area contributed by atoms with Gasteiger partial charge < -0.3 is 9.26 Å². The molecule has 0 amide bonds. The second-order valence-electron chi connectivity index (χ2n) is 5.39. The zero-order valence-electron chi connectivity index (χ0n) is 13.1. The largest absolute Gasteiger partial charge is 0.451 e. The van der Waals surface area contributed by atoms with Gasteiger partial charge in [-0.25, -0.2) is 13.2 Å². The maximum absolute atomic E-state index is 12.7. The summed E-state index contributed by atoms with van der Waals surface area (Å²) in [7, 11) is -3.68. The molecule has 0 radical (unpaired) electrons. The van der Waals surface area contributed by atoms with E-state index in [-0.39, 0.29) is 22.3 Å². The molecule has 3 rings (SSSR count). The highest BCUT2D eigenvalue weighted by Gasteiger charge is 2.31. The van der Waals surface area contributed by atoms with Crippen LogP contribution < -0.4 is 0 Å². The quantitative estimate of drug-likeness (QED) is 0.740. The van der Waals surface area contributed by atoms with Crippen LogP contribution in [-0.2, 0) is 21.4 Å². The second kappa shape index (κ2) is 6.99. The number of hydrogen-bond acceptors (Lipinski definition) is 8. The summed E-state index contributed by atoms with van der Waals surface area (Å²) in [5, 5.41) is 5.17. The van der Waals surface area contributed by atoms with Crippen molar-refractivity contribution in [2.24, 2.45) is 0 Å². The van der Waals surface area contributed by atoms with Gasteiger partial charge in [-0.05, 0) is 31.2 Å². The minimum Gasteiger partial charge on any atom is -0.451 e. The van der Waals surface area contributed by atoms with Crippen molar-refractivity contribution in [3.63, 3.8) is 0 Å². The van der Waals surface area contributed by atoms with Gasteiger partial charge in [-0.15, -0.1) is 11.3 Å². The third kappa shape index (κ3) is 3.50. The number of rotatable bonds is 5. The Labute approximate surface area is 143 Å². The molecule has 130 valence electrons. The smallest absolute Gasteiger partial charge is 0.350 e. The molecule has 10 heteroatoms. The summed E-state index contributed by atoms with van der Waals surface area (Å²) < 4.78 is 36.9. The van der Waals surface area contributed by atoms with Crippen LogP contribution in [0.25, 0.3) is 0 Å². The van der Waals surface area contributed by atoms with Gasteiger partial charge in [-0.3, -0.25) is 0 Å². The summed E-state index contributed by atoms with van der Waals surface area (Å²) in [5.41, 5.74) is 0. The highest BCUT2D eigenvalue weighted by atomic mass is 32.2. The number of nitrogens with zero attached hydrogens (tertiary/aromatic N) is 3. The van der Waals surface area contributed by atoms with Crippen LogP contribution in [-0.4, -0.2) is 41.9 Å². The van der Waals surface area contributed by atoms with E-state index in [2.05, 4.69) is 10.1 Å². The van der Waals surface area contributed by atoms with Crippen molar-refractivity contribution in [1.29, 1.82) is 0 Å². The van der Waals surface area contributed by atoms with Gasteiger partial charge in [0.15, 0.2) is 12.4 Å². The van der Waals surface area contributed by atoms with Crippen LogP contribution in [0.4, 0.5) is 0 Å². The maximum Gasteiger partial charge on any atom is 0.350 e. The van der Waals surface area contributed by atoms with Crippen molar-refractivity contribution in [3.05, 3.63) is 28.0 Å². The number of carbonyl (C=O) groups excluding carboxylic acids is 1. The van der Waals surface area contributed by atoms with E-state index in [1.165, 1.54) is 10.4 Å². The number of thiophene rings is 1. The van der Waals surface area contributed by atoms with Crippen LogP contribution in [0.1, 0.15) is 40.6 Å². The number of ether oxygens (including phenoxy) is 1. The lowest BCUT2D eigenvalue weighted by Crippen LogP contribution is -2.36. The van der Waals surface area contributed by atoms with E-state index in [0.29, 0.717) is 18.9 Å². The standard InChI is InChI=1S/C14H17N3O5S2/c1-10-15-12(22-16-10)9-21-14(18)13-11(5-8-23-13)24(19,20)17-6-3-2-4-7-17/h5,8H,2-4,6-7,9H2,1H3. The van der Waals surface area contributed by atoms with Gasteiger partial charge in [0.2, 0.25) is 10.0 Å². The third-order valence-electron chi connectivity index (χ3n) is 3.64. The summed E-state index contributed by atoms with van der Waals surface area (Å²) in [6.45, 7) is 2.42. The summed E-state index contributed by atoms with van der Waals surface area (Å²) in [4.78, 5) is 16.2. The van der Waals surface area contributed by atoms with E-state index in [1.54, 1.807) is 12.3 Å². The molecule has 0 atom stereocenters. The van der Waals surface area contributed by atoms with Gasteiger partial charge >= 0.3 is 5.97 Å². The summed E-state index contributed by atoms with van der Waals surface area (Å²) in [6.07, 6.45) is 2.69. The lowest BCUT2D eigenvalue weighted by Gasteiger charge is -2.25. The van der Waals surface area contributed by atoms with Gasteiger partial charge in [-0.1, -0.05) is 11.6 Å². The molecule has 0 N–H and O–H groups in total. The lowest BCUT2D eigenvalue weighted by atomic mass is 10.2. The first-order valence-corrected chi connectivity index (χ1v) is 9.84. The molecule has 0 saturated carbocycles. The summed E-state index contributed by atoms with van der Waals surface area (Å²) in [6, 6.07) is 1.45. The molecule has 0 unspecified atom stereocenters. The number of piperidine rings is 1. The molecule has 0 aromatic carbocycles. The normalized spacial score (nSPS) is 16.2. The molecular weight excluding hydrogens is 354 g/mol. The molecule has 1 fully saturated rings. The van der Waals surface area contributed by atoms with Gasteiger partial charge in [-0.2, -0.15) is 9.29 Å². The monoisotopic (exact) mass is 371 g/mol. The van der Waals surface area contributed by atoms with Gasteiger partial charge in [0.05, 0.1) is 0 Å². The molecular formula is C14H17N3O5S2. The van der Waals surface area contributed by atoms with Crippen molar-refractivity contribution in [2.45, 2.75) is 37.7 Å². The third-order valence-corrected chi connectivity index (χ3v) is 6.61. The Kier molecular flexibility index (Phi) is 4.97. The van der Waals surface area contributed by atoms with E-state index >= 15 is 0 Å². The lowest BCUT2D eigenvalue weighted by molar-refractivity contribution is 0.0431. The van der Waals surface area contributed by atoms with Gasteiger partial charge in [0, 0.05) is 13.1 Å². The molecule has 24 heavy (non-hydrogen) atoms.